The van der Waals surface area contributed by atoms with Crippen LogP contribution in [0.3, 0.4) is 0 Å². The topological polar surface area (TPSA) is 86.8 Å². The van der Waals surface area contributed by atoms with Gasteiger partial charge in [-0.25, -0.2) is 8.42 Å². The van der Waals surface area contributed by atoms with E-state index in [1.165, 1.54) is 22.2 Å². The van der Waals surface area contributed by atoms with E-state index in [1.807, 2.05) is 6.92 Å². The summed E-state index contributed by atoms with van der Waals surface area (Å²) in [5, 5.41) is 2.82. The largest absolute Gasteiger partial charge is 0.354 e. The zero-order valence-corrected chi connectivity index (χ0v) is 16.6. The van der Waals surface area contributed by atoms with Crippen molar-refractivity contribution in [1.29, 1.82) is 0 Å². The van der Waals surface area contributed by atoms with Crippen molar-refractivity contribution in [2.45, 2.75) is 51.5 Å². The molecule has 144 valence electrons. The van der Waals surface area contributed by atoms with E-state index in [-0.39, 0.29) is 16.7 Å². The Morgan fingerprint density at radius 3 is 2.42 bits per heavy atom. The van der Waals surface area contributed by atoms with Gasteiger partial charge in [0.15, 0.2) is 0 Å². The van der Waals surface area contributed by atoms with E-state index >= 15 is 0 Å². The molecule has 1 N–H and O–H groups in total. The maximum atomic E-state index is 12.7. The van der Waals surface area contributed by atoms with Gasteiger partial charge in [-0.15, -0.1) is 0 Å². The molecule has 1 heterocycles. The molecule has 0 unspecified atom stereocenters. The predicted molar refractivity (Wildman–Crippen MR) is 101 cm³/mol. The lowest BCUT2D eigenvalue weighted by atomic mass is 10.1. The Balaban J connectivity index is 2.40. The van der Waals surface area contributed by atoms with Gasteiger partial charge in [0.2, 0.25) is 21.8 Å². The molecule has 0 radical (unpaired) electrons. The molecule has 7 nitrogen and oxygen atoms in total. The number of fused-ring (bicyclic) bond motifs is 1. The zero-order valence-electron chi connectivity index (χ0n) is 15.8. The second kappa shape index (κ2) is 8.18. The summed E-state index contributed by atoms with van der Waals surface area (Å²) in [4.78, 5) is 26.2. The van der Waals surface area contributed by atoms with Crippen LogP contribution < -0.4 is 10.2 Å². The molecule has 0 spiro atoms. The zero-order chi connectivity index (χ0) is 19.5. The number of nitrogens with one attached hydrogen (secondary N) is 1. The van der Waals surface area contributed by atoms with Gasteiger partial charge in [0.1, 0.15) is 6.04 Å². The molecule has 2 amide bonds. The maximum absolute atomic E-state index is 12.7. The highest BCUT2D eigenvalue weighted by Crippen LogP contribution is 2.34. The van der Waals surface area contributed by atoms with Crippen LogP contribution in [0.25, 0.3) is 0 Å². The Kier molecular flexibility index (Phi) is 6.41. The van der Waals surface area contributed by atoms with Crippen molar-refractivity contribution < 1.29 is 18.0 Å². The molecule has 0 saturated heterocycles. The van der Waals surface area contributed by atoms with E-state index in [0.717, 1.165) is 6.42 Å². The third-order valence-electron chi connectivity index (χ3n) is 4.57. The van der Waals surface area contributed by atoms with Crippen LogP contribution >= 0.6 is 0 Å². The first-order valence-corrected chi connectivity index (χ1v) is 10.4. The molecule has 0 saturated carbocycles. The third-order valence-corrected chi connectivity index (χ3v) is 6.62. The van der Waals surface area contributed by atoms with Gasteiger partial charge in [0.25, 0.3) is 0 Å². The van der Waals surface area contributed by atoms with Crippen molar-refractivity contribution in [1.82, 2.24) is 9.62 Å². The van der Waals surface area contributed by atoms with Gasteiger partial charge in [0.05, 0.1) is 4.90 Å². The highest BCUT2D eigenvalue weighted by atomic mass is 32.2. The van der Waals surface area contributed by atoms with Gasteiger partial charge in [-0.05, 0) is 30.2 Å². The van der Waals surface area contributed by atoms with Gasteiger partial charge in [-0.3, -0.25) is 14.5 Å². The van der Waals surface area contributed by atoms with Crippen LogP contribution in [0.5, 0.6) is 0 Å². The van der Waals surface area contributed by atoms with E-state index in [4.69, 9.17) is 0 Å². The number of hydrogen-bond donors (Lipinski definition) is 1. The minimum atomic E-state index is -3.58. The number of hydrogen-bond acceptors (Lipinski definition) is 4. The summed E-state index contributed by atoms with van der Waals surface area (Å²) in [6, 6.07) is 4.08. The molecule has 26 heavy (non-hydrogen) atoms. The molecule has 1 aromatic rings. The van der Waals surface area contributed by atoms with Crippen molar-refractivity contribution in [2.75, 3.05) is 24.5 Å². The second-order valence-corrected chi connectivity index (χ2v) is 8.22. The van der Waals surface area contributed by atoms with Crippen LogP contribution in [0.4, 0.5) is 5.69 Å². The highest BCUT2D eigenvalue weighted by molar-refractivity contribution is 7.89. The van der Waals surface area contributed by atoms with Gasteiger partial charge >= 0.3 is 0 Å². The van der Waals surface area contributed by atoms with E-state index in [9.17, 15) is 18.0 Å². The number of rotatable bonds is 7. The molecule has 2 rings (SSSR count). The van der Waals surface area contributed by atoms with Crippen molar-refractivity contribution in [3.8, 4) is 0 Å². The van der Waals surface area contributed by atoms with Gasteiger partial charge in [0, 0.05) is 38.7 Å². The highest BCUT2D eigenvalue weighted by Gasteiger charge is 2.37. The molecule has 1 atom stereocenters. The monoisotopic (exact) mass is 381 g/mol. The lowest BCUT2D eigenvalue weighted by molar-refractivity contribution is -0.125. The predicted octanol–water partition coefficient (Wildman–Crippen LogP) is 1.52. The van der Waals surface area contributed by atoms with E-state index in [2.05, 4.69) is 5.32 Å². The fraction of sp³-hybridized carbons (Fsp3) is 0.556. The molecule has 8 heteroatoms. The van der Waals surface area contributed by atoms with Gasteiger partial charge in [-0.2, -0.15) is 4.31 Å². The van der Waals surface area contributed by atoms with E-state index in [0.29, 0.717) is 37.3 Å². The number of benzene rings is 1. The van der Waals surface area contributed by atoms with Crippen LogP contribution in [0.15, 0.2) is 23.1 Å². The number of nitrogens with zero attached hydrogens (tertiary/aromatic N) is 2. The van der Waals surface area contributed by atoms with Gasteiger partial charge < -0.3 is 5.32 Å². The SMILES string of the molecule is CCCNC(=O)[C@@H]1Cc2cc(S(=O)(=O)N(CC)CC)ccc2N1C(C)=O. The second-order valence-electron chi connectivity index (χ2n) is 6.28. The number of carbonyl (C=O) groups is 2. The summed E-state index contributed by atoms with van der Waals surface area (Å²) in [5.41, 5.74) is 1.30. The Hall–Kier alpha value is -1.93. The van der Waals surface area contributed by atoms with Crippen LogP contribution in [0.1, 0.15) is 39.7 Å². The summed E-state index contributed by atoms with van der Waals surface area (Å²) in [6.07, 6.45) is 1.11. The first-order valence-electron chi connectivity index (χ1n) is 8.98. The quantitative estimate of drug-likeness (QED) is 0.776. The van der Waals surface area contributed by atoms with Crippen molar-refractivity contribution in [3.05, 3.63) is 23.8 Å². The Morgan fingerprint density at radius 1 is 1.23 bits per heavy atom. The summed E-state index contributed by atoms with van der Waals surface area (Å²) in [5.74, 6) is -0.453. The van der Waals surface area contributed by atoms with Crippen LogP contribution in [-0.2, 0) is 26.0 Å². The summed E-state index contributed by atoms with van der Waals surface area (Å²) >= 11 is 0. The summed E-state index contributed by atoms with van der Waals surface area (Å²) in [6.45, 7) is 8.26. The minimum absolute atomic E-state index is 0.193. The molecule has 0 bridgehead atoms. The van der Waals surface area contributed by atoms with Crippen LogP contribution in [-0.4, -0.2) is 50.2 Å². The number of sulfonamides is 1. The van der Waals surface area contributed by atoms with Gasteiger partial charge in [-0.1, -0.05) is 20.8 Å². The van der Waals surface area contributed by atoms with Crippen molar-refractivity contribution >= 4 is 27.5 Å². The number of anilines is 1. The molecule has 1 aliphatic heterocycles. The van der Waals surface area contributed by atoms with E-state index in [1.54, 1.807) is 26.0 Å². The Labute approximate surface area is 155 Å². The molecular formula is C18H27N3O4S. The normalized spacial score (nSPS) is 16.7. The number of amides is 2. The lowest BCUT2D eigenvalue weighted by Crippen LogP contribution is -2.47. The number of carbonyl (C=O) groups excluding carboxylic acids is 2. The molecule has 0 aliphatic carbocycles. The fourth-order valence-corrected chi connectivity index (χ4v) is 4.78. The van der Waals surface area contributed by atoms with E-state index < -0.39 is 16.1 Å². The summed E-state index contributed by atoms with van der Waals surface area (Å²) < 4.78 is 26.9. The van der Waals surface area contributed by atoms with Crippen molar-refractivity contribution in [3.63, 3.8) is 0 Å². The minimum Gasteiger partial charge on any atom is -0.354 e. The average Bonchev–Trinajstić information content (AvgIpc) is 2.99. The Morgan fingerprint density at radius 2 is 1.88 bits per heavy atom. The average molecular weight is 381 g/mol. The fourth-order valence-electron chi connectivity index (χ4n) is 3.27. The smallest absolute Gasteiger partial charge is 0.243 e. The maximum Gasteiger partial charge on any atom is 0.243 e. The third kappa shape index (κ3) is 3.76. The van der Waals surface area contributed by atoms with Crippen LogP contribution in [0.2, 0.25) is 0 Å². The molecule has 1 aliphatic rings. The van der Waals surface area contributed by atoms with Crippen LogP contribution in [0, 0.1) is 0 Å². The first-order chi connectivity index (χ1) is 12.3. The molecule has 0 fully saturated rings. The lowest BCUT2D eigenvalue weighted by Gasteiger charge is -2.23. The summed E-state index contributed by atoms with van der Waals surface area (Å²) in [7, 11) is -3.58. The standard InChI is InChI=1S/C18H27N3O4S/c1-5-10-19-18(23)17-12-14-11-15(26(24,25)20(6-2)7-3)8-9-16(14)21(17)13(4)22/h8-9,11,17H,5-7,10,12H2,1-4H3,(H,19,23)/t17-/m0/s1. The molecule has 0 aromatic heterocycles. The Bertz CT molecular complexity index is 788. The molecule has 1 aromatic carbocycles. The van der Waals surface area contributed by atoms with Crippen molar-refractivity contribution in [2.24, 2.45) is 0 Å². The molecular weight excluding hydrogens is 354 g/mol. The first kappa shape index (κ1) is 20.4.